The fourth-order valence-corrected chi connectivity index (χ4v) is 2.33. The summed E-state index contributed by atoms with van der Waals surface area (Å²) in [4.78, 5) is 17.1. The number of aromatic nitrogens is 4. The van der Waals surface area contributed by atoms with Crippen molar-refractivity contribution in [3.63, 3.8) is 0 Å². The van der Waals surface area contributed by atoms with Crippen LogP contribution in [0.5, 0.6) is 0 Å². The van der Waals surface area contributed by atoms with Crippen LogP contribution in [0.4, 0.5) is 5.82 Å². The molecule has 3 heterocycles. The standard InChI is InChI=1S/C11H13N5O2/c1-7-12-9-4-5-10(14-16(9)13-7)15-6-2-3-8(15)11(17)18/h4-5,8H,2-3,6H2,1H3,(H,17,18)/t8-/m1/s1. The predicted octanol–water partition coefficient (Wildman–Crippen LogP) is 0.486. The molecule has 1 N–H and O–H groups in total. The van der Waals surface area contributed by atoms with Gasteiger partial charge in [-0.3, -0.25) is 0 Å². The second-order valence-corrected chi connectivity index (χ2v) is 4.39. The molecular weight excluding hydrogens is 234 g/mol. The Bertz CT molecular complexity index is 608. The summed E-state index contributed by atoms with van der Waals surface area (Å²) >= 11 is 0. The highest BCUT2D eigenvalue weighted by molar-refractivity contribution is 5.78. The quantitative estimate of drug-likeness (QED) is 0.831. The third-order valence-electron chi connectivity index (χ3n) is 3.13. The average molecular weight is 247 g/mol. The van der Waals surface area contributed by atoms with Crippen molar-refractivity contribution < 1.29 is 9.90 Å². The minimum absolute atomic E-state index is 0.487. The van der Waals surface area contributed by atoms with E-state index in [-0.39, 0.29) is 0 Å². The molecule has 18 heavy (non-hydrogen) atoms. The van der Waals surface area contributed by atoms with Crippen LogP contribution in [0.3, 0.4) is 0 Å². The number of hydrogen-bond donors (Lipinski definition) is 1. The largest absolute Gasteiger partial charge is 0.480 e. The van der Waals surface area contributed by atoms with E-state index in [0.29, 0.717) is 30.3 Å². The van der Waals surface area contributed by atoms with Crippen LogP contribution in [0.1, 0.15) is 18.7 Å². The van der Waals surface area contributed by atoms with Crippen LogP contribution < -0.4 is 4.90 Å². The summed E-state index contributed by atoms with van der Waals surface area (Å²) in [6.45, 7) is 2.51. The van der Waals surface area contributed by atoms with Gasteiger partial charge in [0.15, 0.2) is 11.5 Å². The van der Waals surface area contributed by atoms with Gasteiger partial charge in [0.2, 0.25) is 0 Å². The Morgan fingerprint density at radius 1 is 1.44 bits per heavy atom. The first-order valence-corrected chi connectivity index (χ1v) is 5.85. The monoisotopic (exact) mass is 247 g/mol. The van der Waals surface area contributed by atoms with Crippen LogP contribution in [-0.2, 0) is 4.79 Å². The van der Waals surface area contributed by atoms with E-state index in [2.05, 4.69) is 15.2 Å². The van der Waals surface area contributed by atoms with Crippen LogP contribution in [0.2, 0.25) is 0 Å². The number of anilines is 1. The molecule has 1 aliphatic heterocycles. The van der Waals surface area contributed by atoms with Gasteiger partial charge >= 0.3 is 5.97 Å². The fourth-order valence-electron chi connectivity index (χ4n) is 2.33. The smallest absolute Gasteiger partial charge is 0.326 e. The van der Waals surface area contributed by atoms with Crippen molar-refractivity contribution in [2.75, 3.05) is 11.4 Å². The zero-order valence-corrected chi connectivity index (χ0v) is 9.94. The molecule has 0 radical (unpaired) electrons. The third-order valence-corrected chi connectivity index (χ3v) is 3.13. The maximum absolute atomic E-state index is 11.1. The zero-order chi connectivity index (χ0) is 12.7. The van der Waals surface area contributed by atoms with Crippen LogP contribution in [-0.4, -0.2) is 43.5 Å². The van der Waals surface area contributed by atoms with Crippen molar-refractivity contribution in [1.82, 2.24) is 19.8 Å². The lowest BCUT2D eigenvalue weighted by atomic mass is 10.2. The first-order chi connectivity index (χ1) is 8.65. The Morgan fingerprint density at radius 3 is 3.06 bits per heavy atom. The Morgan fingerprint density at radius 2 is 2.28 bits per heavy atom. The molecule has 1 fully saturated rings. The van der Waals surface area contributed by atoms with E-state index in [0.717, 1.165) is 6.42 Å². The number of carboxylic acid groups (broad SMARTS) is 1. The molecule has 2 aromatic rings. The van der Waals surface area contributed by atoms with Crippen molar-refractivity contribution >= 4 is 17.4 Å². The van der Waals surface area contributed by atoms with Gasteiger partial charge in [-0.25, -0.2) is 9.78 Å². The van der Waals surface area contributed by atoms with Crippen molar-refractivity contribution in [3.05, 3.63) is 18.0 Å². The van der Waals surface area contributed by atoms with Gasteiger partial charge in [-0.05, 0) is 31.9 Å². The SMILES string of the molecule is Cc1nc2ccc(N3CCC[C@@H]3C(=O)O)nn2n1. The van der Waals surface area contributed by atoms with E-state index in [9.17, 15) is 4.79 Å². The molecule has 0 aromatic carbocycles. The molecule has 3 rings (SSSR count). The number of aliphatic carboxylic acids is 1. The first-order valence-electron chi connectivity index (χ1n) is 5.85. The maximum Gasteiger partial charge on any atom is 0.326 e. The fraction of sp³-hybridized carbons (Fsp3) is 0.455. The molecule has 1 atom stereocenters. The lowest BCUT2D eigenvalue weighted by Gasteiger charge is -2.21. The average Bonchev–Trinajstić information content (AvgIpc) is 2.91. The minimum atomic E-state index is -0.802. The second-order valence-electron chi connectivity index (χ2n) is 4.39. The lowest BCUT2D eigenvalue weighted by molar-refractivity contribution is -0.138. The number of fused-ring (bicyclic) bond motifs is 1. The highest BCUT2D eigenvalue weighted by atomic mass is 16.4. The molecule has 1 saturated heterocycles. The summed E-state index contributed by atoms with van der Waals surface area (Å²) in [6.07, 6.45) is 1.53. The molecule has 1 aliphatic rings. The predicted molar refractivity (Wildman–Crippen MR) is 63.5 cm³/mol. The molecule has 7 nitrogen and oxygen atoms in total. The number of carboxylic acids is 1. The molecule has 7 heteroatoms. The minimum Gasteiger partial charge on any atom is -0.480 e. The molecule has 0 aliphatic carbocycles. The molecule has 0 unspecified atom stereocenters. The van der Waals surface area contributed by atoms with Crippen molar-refractivity contribution in [3.8, 4) is 0 Å². The summed E-state index contributed by atoms with van der Waals surface area (Å²) in [5.41, 5.74) is 0.669. The molecule has 2 aromatic heterocycles. The number of hydrogen-bond acceptors (Lipinski definition) is 5. The Hall–Kier alpha value is -2.18. The topological polar surface area (TPSA) is 83.6 Å². The summed E-state index contributed by atoms with van der Waals surface area (Å²) in [5.74, 6) is 0.484. The second kappa shape index (κ2) is 3.94. The molecular formula is C11H13N5O2. The third kappa shape index (κ3) is 1.68. The number of aryl methyl sites for hydroxylation is 1. The van der Waals surface area contributed by atoms with Crippen LogP contribution >= 0.6 is 0 Å². The Kier molecular flexibility index (Phi) is 2.39. The summed E-state index contributed by atoms with van der Waals surface area (Å²) in [6, 6.07) is 3.11. The molecule has 0 spiro atoms. The van der Waals surface area contributed by atoms with Crippen LogP contribution in [0, 0.1) is 6.92 Å². The van der Waals surface area contributed by atoms with Gasteiger partial charge in [-0.2, -0.15) is 0 Å². The van der Waals surface area contributed by atoms with E-state index < -0.39 is 12.0 Å². The normalized spacial score (nSPS) is 19.6. The van der Waals surface area contributed by atoms with Gasteiger partial charge in [-0.1, -0.05) is 0 Å². The maximum atomic E-state index is 11.1. The van der Waals surface area contributed by atoms with E-state index >= 15 is 0 Å². The van der Waals surface area contributed by atoms with Gasteiger partial charge in [-0.15, -0.1) is 14.8 Å². The first kappa shape index (κ1) is 10.9. The van der Waals surface area contributed by atoms with E-state index in [4.69, 9.17) is 5.11 Å². The molecule has 0 bridgehead atoms. The Balaban J connectivity index is 2.00. The van der Waals surface area contributed by atoms with Crippen molar-refractivity contribution in [1.29, 1.82) is 0 Å². The number of rotatable bonds is 2. The molecule has 0 amide bonds. The van der Waals surface area contributed by atoms with Crippen molar-refractivity contribution in [2.24, 2.45) is 0 Å². The summed E-state index contributed by atoms with van der Waals surface area (Å²) < 4.78 is 1.45. The highest BCUT2D eigenvalue weighted by Crippen LogP contribution is 2.23. The van der Waals surface area contributed by atoms with Crippen LogP contribution in [0.25, 0.3) is 5.65 Å². The summed E-state index contributed by atoms with van der Waals surface area (Å²) in [7, 11) is 0. The van der Waals surface area contributed by atoms with Crippen molar-refractivity contribution in [2.45, 2.75) is 25.8 Å². The van der Waals surface area contributed by atoms with Gasteiger partial charge in [0.25, 0.3) is 0 Å². The van der Waals surface area contributed by atoms with E-state index in [1.54, 1.807) is 24.0 Å². The van der Waals surface area contributed by atoms with Gasteiger partial charge in [0, 0.05) is 6.54 Å². The van der Waals surface area contributed by atoms with E-state index in [1.165, 1.54) is 4.63 Å². The van der Waals surface area contributed by atoms with Gasteiger partial charge in [0.1, 0.15) is 11.9 Å². The summed E-state index contributed by atoms with van der Waals surface area (Å²) in [5, 5.41) is 17.6. The Labute approximate surface area is 103 Å². The lowest BCUT2D eigenvalue weighted by Crippen LogP contribution is -2.36. The van der Waals surface area contributed by atoms with E-state index in [1.807, 2.05) is 0 Å². The number of carbonyl (C=O) groups is 1. The molecule has 0 saturated carbocycles. The zero-order valence-electron chi connectivity index (χ0n) is 9.94. The molecule has 94 valence electrons. The highest BCUT2D eigenvalue weighted by Gasteiger charge is 2.31. The number of nitrogens with zero attached hydrogens (tertiary/aromatic N) is 5. The van der Waals surface area contributed by atoms with Gasteiger partial charge in [0.05, 0.1) is 0 Å². The van der Waals surface area contributed by atoms with Crippen LogP contribution in [0.15, 0.2) is 12.1 Å². The van der Waals surface area contributed by atoms with Gasteiger partial charge < -0.3 is 10.0 Å².